The third-order valence-electron chi connectivity index (χ3n) is 8.31. The third-order valence-corrected chi connectivity index (χ3v) is 9.86. The monoisotopic (exact) mass is 746 g/mol. The first-order chi connectivity index (χ1) is 24.7. The molecule has 284 valence electrons. The number of anilines is 3. The lowest BCUT2D eigenvalue weighted by Gasteiger charge is -2.34. The molecule has 1 fully saturated rings. The van der Waals surface area contributed by atoms with Crippen molar-refractivity contribution < 1.29 is 33.2 Å². The summed E-state index contributed by atoms with van der Waals surface area (Å²) in [6.07, 6.45) is 1.65. The number of benzene rings is 2. The van der Waals surface area contributed by atoms with Crippen LogP contribution in [0.1, 0.15) is 90.1 Å². The van der Waals surface area contributed by atoms with E-state index >= 15 is 0 Å². The van der Waals surface area contributed by atoms with Gasteiger partial charge >= 0.3 is 12.2 Å². The fourth-order valence-corrected chi connectivity index (χ4v) is 6.67. The van der Waals surface area contributed by atoms with Gasteiger partial charge in [-0.05, 0) is 104 Å². The molecule has 0 radical (unpaired) electrons. The van der Waals surface area contributed by atoms with Crippen molar-refractivity contribution in [1.29, 1.82) is 0 Å². The first-order valence-corrected chi connectivity index (χ1v) is 20.4. The van der Waals surface area contributed by atoms with E-state index in [1.54, 1.807) is 104 Å². The Kier molecular flexibility index (Phi) is 11.3. The van der Waals surface area contributed by atoms with E-state index < -0.39 is 30.5 Å². The summed E-state index contributed by atoms with van der Waals surface area (Å²) in [5.74, 6) is 0.220. The van der Waals surface area contributed by atoms with Crippen LogP contribution in [0.2, 0.25) is 0 Å². The summed E-state index contributed by atoms with van der Waals surface area (Å²) >= 11 is 0. The van der Waals surface area contributed by atoms with Gasteiger partial charge in [0, 0.05) is 34.7 Å². The van der Waals surface area contributed by atoms with E-state index in [4.69, 9.17) is 19.2 Å². The molecule has 13 nitrogen and oxygen atoms in total. The van der Waals surface area contributed by atoms with Crippen molar-refractivity contribution in [3.8, 4) is 5.88 Å². The van der Waals surface area contributed by atoms with Gasteiger partial charge in [0.25, 0.3) is 5.91 Å². The van der Waals surface area contributed by atoms with Crippen LogP contribution in [0.3, 0.4) is 0 Å². The summed E-state index contributed by atoms with van der Waals surface area (Å²) in [6, 6.07) is 15.1. The number of rotatable bonds is 8. The van der Waals surface area contributed by atoms with E-state index in [1.165, 1.54) is 4.90 Å². The van der Waals surface area contributed by atoms with Crippen LogP contribution in [-0.2, 0) is 14.0 Å². The van der Waals surface area contributed by atoms with E-state index in [0.29, 0.717) is 59.6 Å². The second-order valence-corrected chi connectivity index (χ2v) is 19.2. The number of aromatic nitrogens is 3. The highest BCUT2D eigenvalue weighted by Gasteiger charge is 2.32. The molecule has 5 rings (SSSR count). The summed E-state index contributed by atoms with van der Waals surface area (Å²) in [6.45, 7) is 19.1. The second-order valence-electron chi connectivity index (χ2n) is 16.0. The van der Waals surface area contributed by atoms with Gasteiger partial charge in [0.15, 0.2) is 11.5 Å². The third kappa shape index (κ3) is 9.95. The fourth-order valence-electron chi connectivity index (χ4n) is 5.80. The molecule has 3 heterocycles. The van der Waals surface area contributed by atoms with Crippen LogP contribution in [0.25, 0.3) is 5.65 Å². The molecule has 53 heavy (non-hydrogen) atoms. The van der Waals surface area contributed by atoms with E-state index in [0.717, 1.165) is 5.56 Å². The zero-order valence-corrected chi connectivity index (χ0v) is 33.2. The molecule has 4 aromatic rings. The Morgan fingerprint density at radius 3 is 2.26 bits per heavy atom. The van der Waals surface area contributed by atoms with Crippen LogP contribution in [0.15, 0.2) is 60.8 Å². The number of amides is 3. The number of hydrogen-bond acceptors (Lipinski definition) is 9. The lowest BCUT2D eigenvalue weighted by molar-refractivity contribution is 0.00720. The minimum atomic E-state index is -2.48. The van der Waals surface area contributed by atoms with E-state index in [-0.39, 0.29) is 23.8 Å². The number of carbonyl (C=O) groups excluding carboxylic acids is 3. The van der Waals surface area contributed by atoms with Crippen LogP contribution in [0, 0.1) is 0 Å². The highest BCUT2D eigenvalue weighted by molar-refractivity contribution is 7.70. The van der Waals surface area contributed by atoms with Crippen molar-refractivity contribution in [3.63, 3.8) is 0 Å². The van der Waals surface area contributed by atoms with Gasteiger partial charge in [0.05, 0.1) is 18.4 Å². The largest absolute Gasteiger partial charge is 0.472 e. The number of nitrogens with one attached hydrogen (secondary N) is 1. The minimum Gasteiger partial charge on any atom is -0.472 e. The molecule has 1 aliphatic heterocycles. The lowest BCUT2D eigenvalue weighted by Crippen LogP contribution is -2.46. The molecule has 1 unspecified atom stereocenters. The number of hydrogen-bond donors (Lipinski definition) is 1. The average Bonchev–Trinajstić information content (AvgIpc) is 3.48. The van der Waals surface area contributed by atoms with Gasteiger partial charge in [-0.1, -0.05) is 32.0 Å². The van der Waals surface area contributed by atoms with Crippen LogP contribution >= 0.6 is 7.14 Å². The van der Waals surface area contributed by atoms with Crippen LogP contribution in [0.5, 0.6) is 5.88 Å². The first-order valence-electron chi connectivity index (χ1n) is 17.8. The number of likely N-dealkylation sites (tertiary alicyclic amines) is 1. The fraction of sp³-hybridized carbons (Fsp3) is 0.462. The van der Waals surface area contributed by atoms with Crippen molar-refractivity contribution in [1.82, 2.24) is 19.5 Å². The number of fused-ring (bicyclic) bond motifs is 1. The smallest absolute Gasteiger partial charge is 0.420 e. The van der Waals surface area contributed by atoms with E-state index in [1.807, 2.05) is 34.6 Å². The summed E-state index contributed by atoms with van der Waals surface area (Å²) in [5, 5.41) is 8.24. The summed E-state index contributed by atoms with van der Waals surface area (Å²) in [4.78, 5) is 48.3. The molecule has 2 aromatic heterocycles. The quantitative estimate of drug-likeness (QED) is 0.176. The van der Waals surface area contributed by atoms with Gasteiger partial charge in [-0.3, -0.25) is 4.79 Å². The predicted molar refractivity (Wildman–Crippen MR) is 207 cm³/mol. The number of nitrogens with zero attached hydrogens (tertiary/aromatic N) is 5. The molecule has 2 aromatic carbocycles. The molecule has 0 spiro atoms. The Hall–Kier alpha value is -4.90. The van der Waals surface area contributed by atoms with Crippen LogP contribution in [0.4, 0.5) is 26.8 Å². The van der Waals surface area contributed by atoms with Crippen molar-refractivity contribution in [3.05, 3.63) is 71.9 Å². The van der Waals surface area contributed by atoms with Crippen molar-refractivity contribution in [2.75, 3.05) is 36.6 Å². The van der Waals surface area contributed by atoms with Gasteiger partial charge in [-0.15, -0.1) is 0 Å². The predicted octanol–water partition coefficient (Wildman–Crippen LogP) is 8.20. The summed E-state index contributed by atoms with van der Waals surface area (Å²) in [5.41, 5.74) is 1.07. The van der Waals surface area contributed by atoms with Gasteiger partial charge in [0.2, 0.25) is 5.88 Å². The number of piperidine rings is 1. The first kappa shape index (κ1) is 39.3. The number of carbonyl (C=O) groups is 3. The molecular weight excluding hydrogens is 695 g/mol. The van der Waals surface area contributed by atoms with Crippen LogP contribution in [-0.4, -0.2) is 81.3 Å². The van der Waals surface area contributed by atoms with E-state index in [9.17, 15) is 18.9 Å². The Morgan fingerprint density at radius 1 is 0.962 bits per heavy atom. The van der Waals surface area contributed by atoms with Gasteiger partial charge in [0.1, 0.15) is 24.4 Å². The van der Waals surface area contributed by atoms with Gasteiger partial charge in [-0.25, -0.2) is 14.5 Å². The van der Waals surface area contributed by atoms with Crippen molar-refractivity contribution in [2.45, 2.75) is 91.5 Å². The minimum absolute atomic E-state index is 0.0459. The summed E-state index contributed by atoms with van der Waals surface area (Å²) < 4.78 is 32.1. The average molecular weight is 747 g/mol. The highest BCUT2D eigenvalue weighted by atomic mass is 31.2. The van der Waals surface area contributed by atoms with E-state index in [2.05, 4.69) is 10.4 Å². The standard InChI is InChI=1S/C39H51N6O7P/c1-25(2)31-23-40-45-33(22-32(42-34(31)45)50-29-15-12-20-43(24-29)36(47)51-38(3,4)5)44(37(48)52-39(6,7)8)28-14-11-13-27(21-28)41-35(46)26-16-18-30(19-17-26)53(9,10)49/h11,13-14,16-19,21-23,25,29H,12,15,20,24H2,1-10H3,(H,41,46). The molecule has 0 saturated carbocycles. The molecule has 1 aliphatic rings. The Balaban J connectivity index is 1.53. The van der Waals surface area contributed by atoms with Gasteiger partial charge < -0.3 is 29.0 Å². The molecule has 1 atom stereocenters. The topological polar surface area (TPSA) is 145 Å². The molecule has 14 heteroatoms. The zero-order valence-electron chi connectivity index (χ0n) is 32.3. The van der Waals surface area contributed by atoms with Gasteiger partial charge in [-0.2, -0.15) is 14.6 Å². The van der Waals surface area contributed by atoms with Crippen LogP contribution < -0.4 is 20.3 Å². The Morgan fingerprint density at radius 2 is 1.64 bits per heavy atom. The maximum atomic E-state index is 14.2. The Labute approximate surface area is 311 Å². The number of ether oxygens (including phenoxy) is 3. The molecule has 0 bridgehead atoms. The SMILES string of the molecule is CC(C)c1cnn2c(N(C(=O)OC(C)(C)C)c3cccc(NC(=O)c4ccc(P(C)(C)=O)cc4)c3)cc(OC3CCCN(C(=O)OC(C)(C)C)C3)nc12. The second kappa shape index (κ2) is 15.2. The summed E-state index contributed by atoms with van der Waals surface area (Å²) in [7, 11) is -2.48. The zero-order chi connectivity index (χ0) is 38.9. The molecule has 3 amide bonds. The lowest BCUT2D eigenvalue weighted by atomic mass is 10.1. The molecule has 1 N–H and O–H groups in total. The molecular formula is C39H51N6O7P. The maximum absolute atomic E-state index is 14.2. The molecule has 1 saturated heterocycles. The Bertz CT molecular complexity index is 2020. The van der Waals surface area contributed by atoms with Crippen molar-refractivity contribution >= 4 is 53.4 Å². The highest BCUT2D eigenvalue weighted by Crippen LogP contribution is 2.36. The molecule has 0 aliphatic carbocycles. The van der Waals surface area contributed by atoms with Crippen molar-refractivity contribution in [2.24, 2.45) is 0 Å². The normalized spacial score (nSPS) is 15.3. The maximum Gasteiger partial charge on any atom is 0.420 e.